The van der Waals surface area contributed by atoms with Crippen molar-refractivity contribution >= 4 is 22.9 Å². The van der Waals surface area contributed by atoms with Crippen molar-refractivity contribution in [3.8, 4) is 0 Å². The number of hydrogen-bond acceptors (Lipinski definition) is 7. The largest absolute Gasteiger partial charge is 0.416 e. The Bertz CT molecular complexity index is 1160. The Kier molecular flexibility index (Phi) is 7.80. The fourth-order valence-corrected chi connectivity index (χ4v) is 5.31. The Labute approximate surface area is 214 Å². The van der Waals surface area contributed by atoms with Gasteiger partial charge in [-0.3, -0.25) is 0 Å². The molecule has 2 fully saturated rings. The van der Waals surface area contributed by atoms with E-state index in [2.05, 4.69) is 25.5 Å². The third-order valence-electron chi connectivity index (χ3n) is 7.45. The first-order valence-corrected chi connectivity index (χ1v) is 13.2. The van der Waals surface area contributed by atoms with Crippen LogP contribution in [0.15, 0.2) is 30.6 Å². The Morgan fingerprint density at radius 2 is 1.68 bits per heavy atom. The van der Waals surface area contributed by atoms with E-state index in [1.54, 1.807) is 0 Å². The minimum Gasteiger partial charge on any atom is -0.367 e. The lowest BCUT2D eigenvalue weighted by molar-refractivity contribution is -0.137. The maximum Gasteiger partial charge on any atom is 0.416 e. The summed E-state index contributed by atoms with van der Waals surface area (Å²) in [7, 11) is 0. The smallest absolute Gasteiger partial charge is 0.367 e. The molecule has 200 valence electrons. The number of nitrogens with two attached hydrogens (primary N) is 1. The summed E-state index contributed by atoms with van der Waals surface area (Å²) in [5.74, 6) is 1.29. The minimum absolute atomic E-state index is 0.276. The van der Waals surface area contributed by atoms with E-state index in [-0.39, 0.29) is 6.04 Å². The normalized spacial score (nSPS) is 21.0. The summed E-state index contributed by atoms with van der Waals surface area (Å²) < 4.78 is 40.5. The summed E-state index contributed by atoms with van der Waals surface area (Å²) in [6, 6.07) is 6.23. The van der Waals surface area contributed by atoms with Gasteiger partial charge in [0.1, 0.15) is 0 Å². The molecule has 0 atom stereocenters. The van der Waals surface area contributed by atoms with Gasteiger partial charge in [0.25, 0.3) is 0 Å². The van der Waals surface area contributed by atoms with Crippen molar-refractivity contribution in [3.63, 3.8) is 0 Å². The van der Waals surface area contributed by atoms with Crippen LogP contribution in [0.2, 0.25) is 0 Å². The molecule has 11 heteroatoms. The van der Waals surface area contributed by atoms with Crippen LogP contribution in [0.1, 0.15) is 68.5 Å². The van der Waals surface area contributed by atoms with Gasteiger partial charge in [0.15, 0.2) is 17.0 Å². The molecule has 0 aliphatic heterocycles. The van der Waals surface area contributed by atoms with Crippen LogP contribution in [0.5, 0.6) is 0 Å². The molecule has 0 amide bonds. The van der Waals surface area contributed by atoms with E-state index in [0.29, 0.717) is 43.5 Å². The van der Waals surface area contributed by atoms with Gasteiger partial charge in [0.2, 0.25) is 5.95 Å². The predicted molar refractivity (Wildman–Crippen MR) is 138 cm³/mol. The number of anilines is 2. The quantitative estimate of drug-likeness (QED) is 0.302. The number of alkyl halides is 3. The first kappa shape index (κ1) is 25.7. The molecule has 0 spiro atoms. The highest BCUT2D eigenvalue weighted by atomic mass is 19.4. The fraction of sp³-hybridized carbons (Fsp3) is 0.577. The summed E-state index contributed by atoms with van der Waals surface area (Å²) in [5, 5.41) is 10.2. The molecule has 5 rings (SSSR count). The lowest BCUT2D eigenvalue weighted by Crippen LogP contribution is -2.33. The van der Waals surface area contributed by atoms with Crippen LogP contribution in [0.3, 0.4) is 0 Å². The van der Waals surface area contributed by atoms with Gasteiger partial charge < -0.3 is 26.3 Å². The molecule has 1 aromatic carbocycles. The van der Waals surface area contributed by atoms with Gasteiger partial charge in [-0.1, -0.05) is 25.0 Å². The second-order valence-corrected chi connectivity index (χ2v) is 10.2. The van der Waals surface area contributed by atoms with Crippen molar-refractivity contribution in [1.29, 1.82) is 0 Å². The molecule has 5 N–H and O–H groups in total. The topological polar surface area (TPSA) is 106 Å². The van der Waals surface area contributed by atoms with Crippen LogP contribution in [0, 0.1) is 0 Å². The van der Waals surface area contributed by atoms with Crippen LogP contribution < -0.4 is 21.7 Å². The molecule has 0 radical (unpaired) electrons. The zero-order chi connectivity index (χ0) is 25.8. The van der Waals surface area contributed by atoms with Crippen molar-refractivity contribution in [1.82, 2.24) is 24.8 Å². The second-order valence-electron chi connectivity index (χ2n) is 10.2. The molecule has 3 aromatic rings. The first-order chi connectivity index (χ1) is 17.9. The van der Waals surface area contributed by atoms with Crippen LogP contribution >= 0.6 is 0 Å². The molecule has 37 heavy (non-hydrogen) atoms. The van der Waals surface area contributed by atoms with Crippen LogP contribution in [0.4, 0.5) is 24.9 Å². The molecule has 2 aliphatic rings. The zero-order valence-corrected chi connectivity index (χ0v) is 20.9. The SMILES string of the molecule is NC1CCC(Nc2nc(NCCNCc3ccc(C(F)(F)F)cc3)c3ncn(C4CCCC4)c3n2)CC1. The van der Waals surface area contributed by atoms with Gasteiger partial charge in [0.05, 0.1) is 11.9 Å². The Hall–Kier alpha value is -2.92. The lowest BCUT2D eigenvalue weighted by Gasteiger charge is -2.27. The van der Waals surface area contributed by atoms with Gasteiger partial charge in [-0.25, -0.2) is 4.98 Å². The second kappa shape index (κ2) is 11.2. The fourth-order valence-electron chi connectivity index (χ4n) is 5.31. The molecule has 0 saturated heterocycles. The van der Waals surface area contributed by atoms with Gasteiger partial charge in [-0.2, -0.15) is 23.1 Å². The summed E-state index contributed by atoms with van der Waals surface area (Å²) in [5.41, 5.74) is 7.84. The first-order valence-electron chi connectivity index (χ1n) is 13.2. The molecule has 2 heterocycles. The molecular formula is C26H35F3N8. The molecule has 2 aromatic heterocycles. The maximum atomic E-state index is 12.8. The highest BCUT2D eigenvalue weighted by Crippen LogP contribution is 2.33. The summed E-state index contributed by atoms with van der Waals surface area (Å²) >= 11 is 0. The van der Waals surface area contributed by atoms with Gasteiger partial charge in [-0.15, -0.1) is 0 Å². The van der Waals surface area contributed by atoms with Gasteiger partial charge >= 0.3 is 6.18 Å². The monoisotopic (exact) mass is 516 g/mol. The van der Waals surface area contributed by atoms with Crippen LogP contribution in [0.25, 0.3) is 11.2 Å². The zero-order valence-electron chi connectivity index (χ0n) is 20.9. The van der Waals surface area contributed by atoms with E-state index in [1.165, 1.54) is 25.0 Å². The number of benzene rings is 1. The van der Waals surface area contributed by atoms with Crippen LogP contribution in [-0.2, 0) is 12.7 Å². The number of imidazole rings is 1. The van der Waals surface area contributed by atoms with E-state index < -0.39 is 11.7 Å². The predicted octanol–water partition coefficient (Wildman–Crippen LogP) is 4.84. The molecule has 8 nitrogen and oxygen atoms in total. The average molecular weight is 517 g/mol. The molecule has 0 bridgehead atoms. The molecule has 2 aliphatic carbocycles. The number of nitrogens with one attached hydrogen (secondary N) is 3. The van der Waals surface area contributed by atoms with Gasteiger partial charge in [0, 0.05) is 37.8 Å². The third kappa shape index (κ3) is 6.32. The number of halogens is 3. The van der Waals surface area contributed by atoms with E-state index in [9.17, 15) is 13.2 Å². The molecular weight excluding hydrogens is 481 g/mol. The molecule has 2 saturated carbocycles. The minimum atomic E-state index is -4.32. The Morgan fingerprint density at radius 3 is 2.38 bits per heavy atom. The summed E-state index contributed by atoms with van der Waals surface area (Å²) in [4.78, 5) is 14.3. The number of aromatic nitrogens is 4. The van der Waals surface area contributed by atoms with Crippen molar-refractivity contribution in [2.75, 3.05) is 23.7 Å². The number of nitrogens with zero attached hydrogens (tertiary/aromatic N) is 4. The Morgan fingerprint density at radius 1 is 0.946 bits per heavy atom. The highest BCUT2D eigenvalue weighted by molar-refractivity contribution is 5.84. The third-order valence-corrected chi connectivity index (χ3v) is 7.45. The summed E-state index contributed by atoms with van der Waals surface area (Å²) in [6.45, 7) is 1.67. The van der Waals surface area contributed by atoms with Crippen molar-refractivity contribution < 1.29 is 13.2 Å². The number of rotatable bonds is 9. The van der Waals surface area contributed by atoms with Crippen LogP contribution in [-0.4, -0.2) is 44.7 Å². The van der Waals surface area contributed by atoms with E-state index in [1.807, 2.05) is 6.33 Å². The number of fused-ring (bicyclic) bond motifs is 1. The highest BCUT2D eigenvalue weighted by Gasteiger charge is 2.30. The van der Waals surface area contributed by atoms with Gasteiger partial charge in [-0.05, 0) is 56.2 Å². The average Bonchev–Trinajstić information content (AvgIpc) is 3.55. The summed E-state index contributed by atoms with van der Waals surface area (Å²) in [6.07, 6.45) is 6.27. The van der Waals surface area contributed by atoms with Crippen molar-refractivity contribution in [2.24, 2.45) is 5.73 Å². The lowest BCUT2D eigenvalue weighted by atomic mass is 9.92. The van der Waals surface area contributed by atoms with E-state index in [0.717, 1.165) is 67.4 Å². The van der Waals surface area contributed by atoms with E-state index in [4.69, 9.17) is 15.7 Å². The van der Waals surface area contributed by atoms with Crippen molar-refractivity contribution in [3.05, 3.63) is 41.7 Å². The maximum absolute atomic E-state index is 12.8. The standard InChI is InChI=1S/C26H35F3N8/c27-26(28,29)18-7-5-17(6-8-18)15-31-13-14-32-23-22-24(37(16-33-22)21-3-1-2-4-21)36-25(35-23)34-20-11-9-19(30)10-12-20/h5-8,16,19-21,31H,1-4,9-15,30H2,(H2,32,34,35,36). The number of hydrogen-bond donors (Lipinski definition) is 4. The molecule has 0 unspecified atom stereocenters. The van der Waals surface area contributed by atoms with Crippen molar-refractivity contribution in [2.45, 2.75) is 82.2 Å². The van der Waals surface area contributed by atoms with E-state index >= 15 is 0 Å². The Balaban J connectivity index is 1.24.